The molecule has 1 aromatic carbocycles. The summed E-state index contributed by atoms with van der Waals surface area (Å²) < 4.78 is 5.76. The first kappa shape index (κ1) is 19.2. The molecule has 2 aromatic rings. The van der Waals surface area contributed by atoms with Crippen LogP contribution in [0.2, 0.25) is 0 Å². The highest BCUT2D eigenvalue weighted by Crippen LogP contribution is 2.33. The van der Waals surface area contributed by atoms with Gasteiger partial charge in [0.1, 0.15) is 5.75 Å². The second-order valence-corrected chi connectivity index (χ2v) is 8.12. The van der Waals surface area contributed by atoms with Gasteiger partial charge in [-0.1, -0.05) is 37.5 Å². The summed E-state index contributed by atoms with van der Waals surface area (Å²) in [5.74, 6) is 0.852. The minimum Gasteiger partial charge on any atom is -0.492 e. The van der Waals surface area contributed by atoms with E-state index in [4.69, 9.17) is 17.0 Å². The topological polar surface area (TPSA) is 24.5 Å². The normalized spacial score (nSPS) is 16.1. The molecule has 1 fully saturated rings. The van der Waals surface area contributed by atoms with Crippen molar-refractivity contribution >= 4 is 34.4 Å². The first-order valence-corrected chi connectivity index (χ1v) is 10.8. The van der Waals surface area contributed by atoms with E-state index in [-0.39, 0.29) is 6.04 Å². The van der Waals surface area contributed by atoms with Crippen molar-refractivity contribution in [1.29, 1.82) is 0 Å². The van der Waals surface area contributed by atoms with Gasteiger partial charge in [-0.3, -0.25) is 0 Å². The Hall–Kier alpha value is -1.59. The molecule has 0 unspecified atom stereocenters. The fraction of sp³-hybridized carbons (Fsp3) is 0.476. The van der Waals surface area contributed by atoms with Crippen molar-refractivity contribution in [3.63, 3.8) is 0 Å². The average molecular weight is 389 g/mol. The summed E-state index contributed by atoms with van der Waals surface area (Å²) >= 11 is 7.70. The van der Waals surface area contributed by atoms with Gasteiger partial charge in [0.2, 0.25) is 0 Å². The van der Waals surface area contributed by atoms with Crippen LogP contribution in [0.15, 0.2) is 41.8 Å². The molecule has 0 aliphatic heterocycles. The van der Waals surface area contributed by atoms with Crippen molar-refractivity contribution < 1.29 is 4.74 Å². The fourth-order valence-electron chi connectivity index (χ4n) is 3.71. The molecule has 0 saturated heterocycles. The van der Waals surface area contributed by atoms with E-state index in [1.807, 2.05) is 31.2 Å². The van der Waals surface area contributed by atoms with Crippen LogP contribution in [0.1, 0.15) is 56.9 Å². The Morgan fingerprint density at radius 3 is 2.69 bits per heavy atom. The van der Waals surface area contributed by atoms with Crippen molar-refractivity contribution in [1.82, 2.24) is 4.90 Å². The Balaban J connectivity index is 1.82. The van der Waals surface area contributed by atoms with Crippen LogP contribution in [-0.4, -0.2) is 22.7 Å². The Labute approximate surface area is 166 Å². The van der Waals surface area contributed by atoms with Crippen LogP contribution in [0.25, 0.3) is 0 Å². The van der Waals surface area contributed by atoms with Gasteiger partial charge in [0, 0.05) is 10.9 Å². The standard InChI is InChI=1S/C21H28N2OS2/c1-3-24-19-13-8-7-12-18(19)22-21(25)23(17-10-5-4-6-11-17)16(2)20-14-9-15-26-20/h7-9,12-17H,3-6,10-11H2,1-2H3,(H,22,25)/t16-/m1/s1. The molecule has 3 nitrogen and oxygen atoms in total. The summed E-state index contributed by atoms with van der Waals surface area (Å²) in [5, 5.41) is 6.41. The molecule has 140 valence electrons. The second kappa shape index (κ2) is 9.38. The van der Waals surface area contributed by atoms with Gasteiger partial charge in [-0.15, -0.1) is 11.3 Å². The lowest BCUT2D eigenvalue weighted by Crippen LogP contribution is -2.45. The molecule has 0 bridgehead atoms. The molecule has 1 aliphatic rings. The third-order valence-corrected chi connectivity index (χ3v) is 6.36. The van der Waals surface area contributed by atoms with Crippen LogP contribution >= 0.6 is 23.6 Å². The largest absolute Gasteiger partial charge is 0.492 e. The number of ether oxygens (including phenoxy) is 1. The number of rotatable bonds is 6. The molecule has 1 heterocycles. The molecular weight excluding hydrogens is 360 g/mol. The number of nitrogens with zero attached hydrogens (tertiary/aromatic N) is 1. The first-order chi connectivity index (χ1) is 12.7. The van der Waals surface area contributed by atoms with Crippen LogP contribution in [0.3, 0.4) is 0 Å². The minimum atomic E-state index is 0.275. The maximum atomic E-state index is 5.90. The van der Waals surface area contributed by atoms with E-state index in [0.29, 0.717) is 12.6 Å². The predicted molar refractivity (Wildman–Crippen MR) is 115 cm³/mol. The van der Waals surface area contributed by atoms with Crippen LogP contribution in [-0.2, 0) is 0 Å². The lowest BCUT2D eigenvalue weighted by atomic mass is 9.93. The summed E-state index contributed by atoms with van der Waals surface area (Å²) in [6, 6.07) is 13.1. The molecule has 0 spiro atoms. The molecule has 0 amide bonds. The summed E-state index contributed by atoms with van der Waals surface area (Å²) in [5.41, 5.74) is 0.943. The van der Waals surface area contributed by atoms with Crippen molar-refractivity contribution in [2.24, 2.45) is 0 Å². The highest BCUT2D eigenvalue weighted by Gasteiger charge is 2.29. The zero-order valence-corrected chi connectivity index (χ0v) is 17.2. The summed E-state index contributed by atoms with van der Waals surface area (Å²) in [7, 11) is 0. The number of anilines is 1. The molecule has 1 N–H and O–H groups in total. The zero-order chi connectivity index (χ0) is 18.4. The highest BCUT2D eigenvalue weighted by molar-refractivity contribution is 7.80. The lowest BCUT2D eigenvalue weighted by molar-refractivity contribution is 0.205. The van der Waals surface area contributed by atoms with Gasteiger partial charge in [-0.25, -0.2) is 0 Å². The number of hydrogen-bond acceptors (Lipinski definition) is 3. The van der Waals surface area contributed by atoms with Crippen LogP contribution < -0.4 is 10.1 Å². The van der Waals surface area contributed by atoms with Gasteiger partial charge < -0.3 is 15.0 Å². The third-order valence-electron chi connectivity index (χ3n) is 5.00. The van der Waals surface area contributed by atoms with Gasteiger partial charge >= 0.3 is 0 Å². The number of nitrogens with one attached hydrogen (secondary N) is 1. The molecule has 0 radical (unpaired) electrons. The number of benzene rings is 1. The highest BCUT2D eigenvalue weighted by atomic mass is 32.1. The van der Waals surface area contributed by atoms with E-state index >= 15 is 0 Å². The van der Waals surface area contributed by atoms with Gasteiger partial charge in [-0.2, -0.15) is 0 Å². The fourth-order valence-corrected chi connectivity index (χ4v) is 4.91. The van der Waals surface area contributed by atoms with Crippen LogP contribution in [0, 0.1) is 0 Å². The predicted octanol–water partition coefficient (Wildman–Crippen LogP) is 6.24. The average Bonchev–Trinajstić information content (AvgIpc) is 3.19. The maximum Gasteiger partial charge on any atom is 0.174 e. The summed E-state index contributed by atoms with van der Waals surface area (Å²) in [6.07, 6.45) is 6.34. The van der Waals surface area contributed by atoms with Crippen molar-refractivity contribution in [2.45, 2.75) is 58.0 Å². The van der Waals surface area contributed by atoms with E-state index in [9.17, 15) is 0 Å². The zero-order valence-electron chi connectivity index (χ0n) is 15.6. The summed E-state index contributed by atoms with van der Waals surface area (Å²) in [6.45, 7) is 4.91. The molecular formula is C21H28N2OS2. The molecule has 1 atom stereocenters. The van der Waals surface area contributed by atoms with Crippen molar-refractivity contribution in [2.75, 3.05) is 11.9 Å². The van der Waals surface area contributed by atoms with E-state index in [0.717, 1.165) is 16.5 Å². The number of para-hydroxylation sites is 2. The van der Waals surface area contributed by atoms with E-state index in [2.05, 4.69) is 34.7 Å². The van der Waals surface area contributed by atoms with Crippen molar-refractivity contribution in [3.05, 3.63) is 46.7 Å². The molecule has 1 aliphatic carbocycles. The Bertz CT molecular complexity index is 696. The first-order valence-electron chi connectivity index (χ1n) is 9.55. The Kier molecular flexibility index (Phi) is 6.92. The number of hydrogen-bond donors (Lipinski definition) is 1. The monoisotopic (exact) mass is 388 g/mol. The second-order valence-electron chi connectivity index (χ2n) is 6.75. The van der Waals surface area contributed by atoms with Crippen molar-refractivity contribution in [3.8, 4) is 5.75 Å². The molecule has 1 aromatic heterocycles. The number of thiocarbonyl (C=S) groups is 1. The quantitative estimate of drug-likeness (QED) is 0.592. The molecule has 5 heteroatoms. The van der Waals surface area contributed by atoms with Gasteiger partial charge in [0.15, 0.2) is 5.11 Å². The smallest absolute Gasteiger partial charge is 0.174 e. The minimum absolute atomic E-state index is 0.275. The summed E-state index contributed by atoms with van der Waals surface area (Å²) in [4.78, 5) is 3.78. The number of thiophene rings is 1. The lowest BCUT2D eigenvalue weighted by Gasteiger charge is -2.40. The molecule has 1 saturated carbocycles. The van der Waals surface area contributed by atoms with Gasteiger partial charge in [0.05, 0.1) is 18.3 Å². The van der Waals surface area contributed by atoms with Gasteiger partial charge in [-0.05, 0) is 62.5 Å². The van der Waals surface area contributed by atoms with Crippen LogP contribution in [0.5, 0.6) is 5.75 Å². The van der Waals surface area contributed by atoms with E-state index in [1.54, 1.807) is 11.3 Å². The Morgan fingerprint density at radius 1 is 1.23 bits per heavy atom. The molecule has 3 rings (SSSR count). The van der Waals surface area contributed by atoms with E-state index < -0.39 is 0 Å². The van der Waals surface area contributed by atoms with E-state index in [1.165, 1.54) is 37.0 Å². The molecule has 26 heavy (non-hydrogen) atoms. The SMILES string of the molecule is CCOc1ccccc1NC(=S)N(C1CCCCC1)[C@H](C)c1cccs1. The van der Waals surface area contributed by atoms with Crippen LogP contribution in [0.4, 0.5) is 5.69 Å². The third kappa shape index (κ3) is 4.57. The van der Waals surface area contributed by atoms with Gasteiger partial charge in [0.25, 0.3) is 0 Å². The maximum absolute atomic E-state index is 5.90. The Morgan fingerprint density at radius 2 is 2.00 bits per heavy atom.